The molecule has 24 heavy (non-hydrogen) atoms. The zero-order valence-corrected chi connectivity index (χ0v) is 15.1. The molecular formula is C17H28N4O3. The van der Waals surface area contributed by atoms with E-state index in [0.29, 0.717) is 12.2 Å². The van der Waals surface area contributed by atoms with Crippen molar-refractivity contribution in [2.24, 2.45) is 12.8 Å². The standard InChI is InChI=1S/C17H28N4O3/c1-17(2,3)24-14(22)7-5-6-9-21-10-8-13-12(11-21)19-16(15(18)23)20(13)4/h5-11H2,1-4H3,(H2,18,23). The van der Waals surface area contributed by atoms with E-state index in [1.807, 2.05) is 27.8 Å². The quantitative estimate of drug-likeness (QED) is 0.626. The summed E-state index contributed by atoms with van der Waals surface area (Å²) < 4.78 is 7.11. The third kappa shape index (κ3) is 4.80. The maximum atomic E-state index is 11.7. The molecule has 0 fully saturated rings. The van der Waals surface area contributed by atoms with Crippen molar-refractivity contribution in [2.75, 3.05) is 13.1 Å². The number of amides is 1. The second-order valence-electron chi connectivity index (χ2n) is 7.32. The Hall–Kier alpha value is -1.89. The SMILES string of the molecule is Cn1c(C(N)=O)nc2c1CCN(CCCCC(=O)OC(C)(C)C)C2. The van der Waals surface area contributed by atoms with Crippen LogP contribution in [0.3, 0.4) is 0 Å². The number of imidazole rings is 1. The number of carbonyl (C=O) groups is 2. The Morgan fingerprint density at radius 1 is 1.29 bits per heavy atom. The van der Waals surface area contributed by atoms with Gasteiger partial charge in [-0.15, -0.1) is 0 Å². The predicted octanol–water partition coefficient (Wildman–Crippen LogP) is 1.39. The molecule has 7 nitrogen and oxygen atoms in total. The molecule has 0 aliphatic carbocycles. The van der Waals surface area contributed by atoms with Crippen molar-refractivity contribution >= 4 is 11.9 Å². The number of fused-ring (bicyclic) bond motifs is 1. The monoisotopic (exact) mass is 336 g/mol. The lowest BCUT2D eigenvalue weighted by molar-refractivity contribution is -0.154. The molecule has 1 aromatic heterocycles. The van der Waals surface area contributed by atoms with Crippen LogP contribution in [0.1, 0.15) is 62.0 Å². The molecule has 2 rings (SSSR count). The van der Waals surface area contributed by atoms with Crippen LogP contribution >= 0.6 is 0 Å². The van der Waals surface area contributed by atoms with E-state index in [0.717, 1.165) is 50.3 Å². The lowest BCUT2D eigenvalue weighted by Crippen LogP contribution is -2.32. The highest BCUT2D eigenvalue weighted by atomic mass is 16.6. The van der Waals surface area contributed by atoms with Crippen molar-refractivity contribution in [1.82, 2.24) is 14.5 Å². The highest BCUT2D eigenvalue weighted by molar-refractivity contribution is 5.89. The van der Waals surface area contributed by atoms with E-state index in [-0.39, 0.29) is 5.97 Å². The molecule has 0 spiro atoms. The molecule has 1 aromatic rings. The Bertz CT molecular complexity index is 616. The highest BCUT2D eigenvalue weighted by Gasteiger charge is 2.24. The van der Waals surface area contributed by atoms with Crippen molar-refractivity contribution in [3.63, 3.8) is 0 Å². The minimum atomic E-state index is -0.490. The number of hydrogen-bond acceptors (Lipinski definition) is 5. The molecule has 0 unspecified atom stereocenters. The second kappa shape index (κ2) is 7.34. The van der Waals surface area contributed by atoms with Crippen molar-refractivity contribution in [1.29, 1.82) is 0 Å². The first-order valence-electron chi connectivity index (χ1n) is 8.46. The summed E-state index contributed by atoms with van der Waals surface area (Å²) in [5, 5.41) is 0. The van der Waals surface area contributed by atoms with Crippen molar-refractivity contribution in [3.05, 3.63) is 17.2 Å². The average molecular weight is 336 g/mol. The van der Waals surface area contributed by atoms with Crippen LogP contribution in [0.25, 0.3) is 0 Å². The lowest BCUT2D eigenvalue weighted by atomic mass is 10.1. The van der Waals surface area contributed by atoms with Gasteiger partial charge in [-0.2, -0.15) is 0 Å². The summed E-state index contributed by atoms with van der Waals surface area (Å²) in [5.41, 5.74) is 6.96. The summed E-state index contributed by atoms with van der Waals surface area (Å²) in [6, 6.07) is 0. The highest BCUT2D eigenvalue weighted by Crippen LogP contribution is 2.20. The first-order valence-corrected chi connectivity index (χ1v) is 8.46. The van der Waals surface area contributed by atoms with Gasteiger partial charge in [-0.25, -0.2) is 4.98 Å². The van der Waals surface area contributed by atoms with E-state index >= 15 is 0 Å². The van der Waals surface area contributed by atoms with E-state index in [1.165, 1.54) is 0 Å². The van der Waals surface area contributed by atoms with Gasteiger partial charge >= 0.3 is 5.97 Å². The van der Waals surface area contributed by atoms with Gasteiger partial charge < -0.3 is 15.0 Å². The number of primary amides is 1. The van der Waals surface area contributed by atoms with E-state index in [2.05, 4.69) is 9.88 Å². The summed E-state index contributed by atoms with van der Waals surface area (Å²) in [6.45, 7) is 8.20. The van der Waals surface area contributed by atoms with Crippen LogP contribution in [0.2, 0.25) is 0 Å². The van der Waals surface area contributed by atoms with Crippen LogP contribution in [-0.2, 0) is 29.5 Å². The predicted molar refractivity (Wildman–Crippen MR) is 90.4 cm³/mol. The molecule has 134 valence electrons. The number of nitrogens with zero attached hydrogens (tertiary/aromatic N) is 3. The molecular weight excluding hydrogens is 308 g/mol. The summed E-state index contributed by atoms with van der Waals surface area (Å²) in [7, 11) is 1.84. The Kier molecular flexibility index (Phi) is 5.64. The molecule has 0 saturated carbocycles. The summed E-state index contributed by atoms with van der Waals surface area (Å²) in [4.78, 5) is 29.7. The summed E-state index contributed by atoms with van der Waals surface area (Å²) in [5.74, 6) is -0.304. The number of rotatable bonds is 6. The molecule has 2 heterocycles. The third-order valence-corrected chi connectivity index (χ3v) is 4.08. The molecule has 0 atom stereocenters. The van der Waals surface area contributed by atoms with Gasteiger partial charge in [0.2, 0.25) is 0 Å². The molecule has 1 aliphatic rings. The van der Waals surface area contributed by atoms with E-state index < -0.39 is 11.5 Å². The van der Waals surface area contributed by atoms with Gasteiger partial charge in [0.05, 0.1) is 5.69 Å². The fourth-order valence-electron chi connectivity index (χ4n) is 2.99. The molecule has 1 amide bonds. The van der Waals surface area contributed by atoms with Crippen molar-refractivity contribution in [2.45, 2.75) is 58.6 Å². The molecule has 2 N–H and O–H groups in total. The minimum Gasteiger partial charge on any atom is -0.460 e. The van der Waals surface area contributed by atoms with Gasteiger partial charge in [-0.1, -0.05) is 0 Å². The third-order valence-electron chi connectivity index (χ3n) is 4.08. The van der Waals surface area contributed by atoms with Crippen LogP contribution < -0.4 is 5.73 Å². The molecule has 0 saturated heterocycles. The number of carbonyl (C=O) groups excluding carboxylic acids is 2. The van der Waals surface area contributed by atoms with Gasteiger partial charge in [0.1, 0.15) is 5.60 Å². The number of nitrogens with two attached hydrogens (primary N) is 1. The molecule has 7 heteroatoms. The fraction of sp³-hybridized carbons (Fsp3) is 0.706. The summed E-state index contributed by atoms with van der Waals surface area (Å²) >= 11 is 0. The smallest absolute Gasteiger partial charge is 0.306 e. The van der Waals surface area contributed by atoms with Gasteiger partial charge in [0, 0.05) is 38.7 Å². The maximum absolute atomic E-state index is 11.7. The fourth-order valence-corrected chi connectivity index (χ4v) is 2.99. The zero-order valence-electron chi connectivity index (χ0n) is 15.1. The van der Waals surface area contributed by atoms with E-state index in [9.17, 15) is 9.59 Å². The molecule has 0 aromatic carbocycles. The zero-order chi connectivity index (χ0) is 17.9. The largest absolute Gasteiger partial charge is 0.460 e. The Labute approximate surface area is 143 Å². The number of ether oxygens (including phenoxy) is 1. The number of hydrogen-bond donors (Lipinski definition) is 1. The van der Waals surface area contributed by atoms with Gasteiger partial charge in [-0.3, -0.25) is 14.5 Å². The van der Waals surface area contributed by atoms with Gasteiger partial charge in [0.25, 0.3) is 5.91 Å². The van der Waals surface area contributed by atoms with Gasteiger partial charge in [-0.05, 0) is 40.2 Å². The van der Waals surface area contributed by atoms with Gasteiger partial charge in [0.15, 0.2) is 5.82 Å². The Morgan fingerprint density at radius 2 is 2.00 bits per heavy atom. The Morgan fingerprint density at radius 3 is 2.62 bits per heavy atom. The second-order valence-corrected chi connectivity index (χ2v) is 7.32. The number of unbranched alkanes of at least 4 members (excludes halogenated alkanes) is 1. The van der Waals surface area contributed by atoms with Crippen molar-refractivity contribution in [3.8, 4) is 0 Å². The van der Waals surface area contributed by atoms with Crippen LogP contribution in [0.5, 0.6) is 0 Å². The van der Waals surface area contributed by atoms with Crippen molar-refractivity contribution < 1.29 is 14.3 Å². The average Bonchev–Trinajstić information content (AvgIpc) is 2.79. The molecule has 0 bridgehead atoms. The minimum absolute atomic E-state index is 0.140. The van der Waals surface area contributed by atoms with E-state index in [4.69, 9.17) is 10.5 Å². The Balaban J connectivity index is 1.77. The number of esters is 1. The molecule has 1 aliphatic heterocycles. The van der Waals surface area contributed by atoms with Crippen LogP contribution in [0.4, 0.5) is 0 Å². The van der Waals surface area contributed by atoms with E-state index in [1.54, 1.807) is 4.57 Å². The first kappa shape index (κ1) is 18.4. The summed E-state index contributed by atoms with van der Waals surface area (Å²) in [6.07, 6.45) is 3.06. The number of aromatic nitrogens is 2. The van der Waals surface area contributed by atoms with Crippen LogP contribution in [0.15, 0.2) is 0 Å². The molecule has 0 radical (unpaired) electrons. The van der Waals surface area contributed by atoms with Crippen LogP contribution in [0, 0.1) is 0 Å². The van der Waals surface area contributed by atoms with Crippen LogP contribution in [-0.4, -0.2) is 45.0 Å². The first-order chi connectivity index (χ1) is 11.2. The topological polar surface area (TPSA) is 90.5 Å². The normalized spacial score (nSPS) is 15.2. The maximum Gasteiger partial charge on any atom is 0.306 e. The lowest BCUT2D eigenvalue weighted by Gasteiger charge is -2.26.